The van der Waals surface area contributed by atoms with E-state index in [1.807, 2.05) is 18.2 Å². The summed E-state index contributed by atoms with van der Waals surface area (Å²) in [7, 11) is 0. The van der Waals surface area contributed by atoms with Gasteiger partial charge in [-0.1, -0.05) is 36.4 Å². The number of hydrogen-bond donors (Lipinski definition) is 1. The van der Waals surface area contributed by atoms with Gasteiger partial charge in [0, 0.05) is 12.3 Å². The molecule has 1 saturated heterocycles. The molecular weight excluding hydrogens is 232 g/mol. The van der Waals surface area contributed by atoms with Crippen LogP contribution in [-0.2, 0) is 14.6 Å². The predicted octanol–water partition coefficient (Wildman–Crippen LogP) is 2.57. The first-order valence-electron chi connectivity index (χ1n) is 6.07. The van der Waals surface area contributed by atoms with Gasteiger partial charge in [0.25, 0.3) is 0 Å². The van der Waals surface area contributed by atoms with E-state index in [0.29, 0.717) is 6.42 Å². The maximum atomic E-state index is 10.8. The molecule has 1 heterocycles. The lowest BCUT2D eigenvalue weighted by Gasteiger charge is -2.27. The van der Waals surface area contributed by atoms with Crippen LogP contribution in [0.15, 0.2) is 30.3 Å². The van der Waals surface area contributed by atoms with Crippen LogP contribution in [0.3, 0.4) is 0 Å². The molecule has 1 N–H and O–H groups in total. The van der Waals surface area contributed by atoms with Crippen molar-refractivity contribution < 1.29 is 19.7 Å². The van der Waals surface area contributed by atoms with Gasteiger partial charge >= 0.3 is 5.97 Å². The monoisotopic (exact) mass is 246 g/mol. The van der Waals surface area contributed by atoms with Gasteiger partial charge in [-0.05, 0) is 23.5 Å². The molecule has 94 valence electrons. The molecule has 1 fully saturated rings. The van der Waals surface area contributed by atoms with Crippen molar-refractivity contribution in [3.8, 4) is 0 Å². The number of carboxylic acids is 1. The molecule has 0 spiro atoms. The first-order chi connectivity index (χ1) is 8.75. The van der Waals surface area contributed by atoms with Crippen molar-refractivity contribution >= 4 is 12.0 Å². The standard InChI is InChI=1S/C14H14O4/c15-13(16)8-7-11-10-4-2-1-3-9(10)5-6-12(11)14-17-18-14/h1-6,11-12,14H,7-8H2,(H,15,16). The molecule has 0 bridgehead atoms. The van der Waals surface area contributed by atoms with Crippen LogP contribution in [0.1, 0.15) is 29.9 Å². The fraction of sp³-hybridized carbons (Fsp3) is 0.357. The number of carbonyl (C=O) groups is 1. The van der Waals surface area contributed by atoms with Crippen molar-refractivity contribution in [1.29, 1.82) is 0 Å². The Balaban J connectivity index is 1.88. The van der Waals surface area contributed by atoms with Gasteiger partial charge in [0.1, 0.15) is 0 Å². The highest BCUT2D eigenvalue weighted by Gasteiger charge is 2.41. The number of hydrogen-bond acceptors (Lipinski definition) is 3. The molecule has 3 rings (SSSR count). The topological polar surface area (TPSA) is 62.4 Å². The second-order valence-electron chi connectivity index (χ2n) is 4.67. The number of benzene rings is 1. The molecule has 0 saturated carbocycles. The molecule has 4 heteroatoms. The highest BCUT2D eigenvalue weighted by molar-refractivity contribution is 5.67. The van der Waals surface area contributed by atoms with Crippen LogP contribution in [0.2, 0.25) is 0 Å². The summed E-state index contributed by atoms with van der Waals surface area (Å²) in [5, 5.41) is 8.85. The van der Waals surface area contributed by atoms with Gasteiger partial charge < -0.3 is 5.11 Å². The molecule has 4 nitrogen and oxygen atoms in total. The largest absolute Gasteiger partial charge is 0.481 e. The first-order valence-corrected chi connectivity index (χ1v) is 6.07. The van der Waals surface area contributed by atoms with Gasteiger partial charge in [-0.2, -0.15) is 9.78 Å². The van der Waals surface area contributed by atoms with E-state index in [9.17, 15) is 4.79 Å². The van der Waals surface area contributed by atoms with Crippen LogP contribution in [0.5, 0.6) is 0 Å². The Kier molecular flexibility index (Phi) is 2.89. The van der Waals surface area contributed by atoms with Crippen LogP contribution in [0.4, 0.5) is 0 Å². The third-order valence-corrected chi connectivity index (χ3v) is 3.55. The Labute approximate surface area is 105 Å². The highest BCUT2D eigenvalue weighted by Crippen LogP contribution is 2.43. The van der Waals surface area contributed by atoms with E-state index in [2.05, 4.69) is 18.2 Å². The molecule has 0 aromatic heterocycles. The molecule has 2 aliphatic rings. The maximum Gasteiger partial charge on any atom is 0.303 e. The van der Waals surface area contributed by atoms with Crippen LogP contribution < -0.4 is 0 Å². The van der Waals surface area contributed by atoms with Crippen LogP contribution >= 0.6 is 0 Å². The van der Waals surface area contributed by atoms with Crippen LogP contribution in [-0.4, -0.2) is 17.4 Å². The number of rotatable bonds is 4. The summed E-state index contributed by atoms with van der Waals surface area (Å²) in [4.78, 5) is 20.6. The summed E-state index contributed by atoms with van der Waals surface area (Å²) < 4.78 is 0. The molecule has 1 aromatic carbocycles. The number of fused-ring (bicyclic) bond motifs is 1. The van der Waals surface area contributed by atoms with Crippen molar-refractivity contribution in [3.05, 3.63) is 41.5 Å². The van der Waals surface area contributed by atoms with E-state index in [4.69, 9.17) is 14.9 Å². The lowest BCUT2D eigenvalue weighted by atomic mass is 9.77. The van der Waals surface area contributed by atoms with E-state index < -0.39 is 5.97 Å². The van der Waals surface area contributed by atoms with E-state index in [1.54, 1.807) is 0 Å². The molecule has 2 unspecified atom stereocenters. The zero-order valence-corrected chi connectivity index (χ0v) is 9.78. The third kappa shape index (κ3) is 2.17. The first kappa shape index (κ1) is 11.4. The Morgan fingerprint density at radius 2 is 2.06 bits per heavy atom. The smallest absolute Gasteiger partial charge is 0.303 e. The second kappa shape index (κ2) is 4.55. The highest BCUT2D eigenvalue weighted by atomic mass is 17.4. The molecule has 0 amide bonds. The van der Waals surface area contributed by atoms with Crippen LogP contribution in [0.25, 0.3) is 6.08 Å². The molecular formula is C14H14O4. The van der Waals surface area contributed by atoms with Gasteiger partial charge in [-0.25, -0.2) is 0 Å². The normalized spacial score (nSPS) is 25.8. The molecule has 0 radical (unpaired) electrons. The lowest BCUT2D eigenvalue weighted by Crippen LogP contribution is -2.21. The van der Waals surface area contributed by atoms with E-state index in [-0.39, 0.29) is 24.5 Å². The Morgan fingerprint density at radius 1 is 1.28 bits per heavy atom. The maximum absolute atomic E-state index is 10.8. The van der Waals surface area contributed by atoms with Crippen LogP contribution in [0, 0.1) is 5.92 Å². The molecule has 1 aliphatic heterocycles. The summed E-state index contributed by atoms with van der Waals surface area (Å²) in [5.74, 6) is -0.507. The molecule has 2 atom stereocenters. The van der Waals surface area contributed by atoms with Crippen molar-refractivity contribution in [3.63, 3.8) is 0 Å². The number of carboxylic acid groups (broad SMARTS) is 1. The van der Waals surface area contributed by atoms with Gasteiger partial charge in [0.15, 0.2) is 0 Å². The zero-order valence-electron chi connectivity index (χ0n) is 9.78. The van der Waals surface area contributed by atoms with E-state index in [1.165, 1.54) is 5.56 Å². The average molecular weight is 246 g/mol. The van der Waals surface area contributed by atoms with Crippen molar-refractivity contribution in [2.24, 2.45) is 5.92 Å². The van der Waals surface area contributed by atoms with E-state index >= 15 is 0 Å². The van der Waals surface area contributed by atoms with Gasteiger partial charge in [-0.3, -0.25) is 4.79 Å². The average Bonchev–Trinajstić information content (AvgIpc) is 3.19. The Morgan fingerprint density at radius 3 is 2.78 bits per heavy atom. The fourth-order valence-corrected chi connectivity index (χ4v) is 2.62. The zero-order chi connectivity index (χ0) is 12.5. The molecule has 1 aliphatic carbocycles. The lowest BCUT2D eigenvalue weighted by molar-refractivity contribution is -0.137. The summed E-state index contributed by atoms with van der Waals surface area (Å²) >= 11 is 0. The Bertz CT molecular complexity index is 490. The van der Waals surface area contributed by atoms with Crippen molar-refractivity contribution in [1.82, 2.24) is 0 Å². The SMILES string of the molecule is O=C(O)CCC1c2ccccc2C=CC1C1OO1. The summed E-state index contributed by atoms with van der Waals surface area (Å²) in [6.45, 7) is 0. The van der Waals surface area contributed by atoms with Gasteiger partial charge in [-0.15, -0.1) is 0 Å². The summed E-state index contributed by atoms with van der Waals surface area (Å²) in [5.41, 5.74) is 2.34. The fourth-order valence-electron chi connectivity index (χ4n) is 2.62. The minimum Gasteiger partial charge on any atom is -0.481 e. The number of aliphatic carboxylic acids is 1. The molecule has 1 aromatic rings. The Hall–Kier alpha value is -1.65. The van der Waals surface area contributed by atoms with Crippen molar-refractivity contribution in [2.75, 3.05) is 0 Å². The summed E-state index contributed by atoms with van der Waals surface area (Å²) in [6, 6.07) is 8.07. The third-order valence-electron chi connectivity index (χ3n) is 3.55. The van der Waals surface area contributed by atoms with E-state index in [0.717, 1.165) is 5.56 Å². The predicted molar refractivity (Wildman–Crippen MR) is 64.5 cm³/mol. The minimum atomic E-state index is -0.765. The van der Waals surface area contributed by atoms with Crippen molar-refractivity contribution in [2.45, 2.75) is 25.0 Å². The second-order valence-corrected chi connectivity index (χ2v) is 4.67. The van der Waals surface area contributed by atoms with Gasteiger partial charge in [0.2, 0.25) is 6.29 Å². The minimum absolute atomic E-state index is 0.110. The molecule has 18 heavy (non-hydrogen) atoms. The van der Waals surface area contributed by atoms with Gasteiger partial charge in [0.05, 0.1) is 0 Å². The summed E-state index contributed by atoms with van der Waals surface area (Å²) in [6.07, 6.45) is 4.67. The quantitative estimate of drug-likeness (QED) is 0.655.